The summed E-state index contributed by atoms with van der Waals surface area (Å²) in [5.74, 6) is 2.90. The van der Waals surface area contributed by atoms with Crippen LogP contribution in [0.1, 0.15) is 32.6 Å². The average Bonchev–Trinajstić information content (AvgIpc) is 1.92. The van der Waals surface area contributed by atoms with Gasteiger partial charge in [0.1, 0.15) is 0 Å². The van der Waals surface area contributed by atoms with Gasteiger partial charge in [-0.3, -0.25) is 0 Å². The molecule has 0 heteroatoms. The highest BCUT2D eigenvalue weighted by Gasteiger charge is 2.30. The van der Waals surface area contributed by atoms with Crippen LogP contribution in [0.3, 0.4) is 0 Å². The molecule has 0 saturated heterocycles. The van der Waals surface area contributed by atoms with E-state index < -0.39 is 0 Å². The molecule has 1 saturated carbocycles. The van der Waals surface area contributed by atoms with Crippen LogP contribution in [0, 0.1) is 17.8 Å². The molecule has 0 aromatic heterocycles. The zero-order valence-corrected chi connectivity index (χ0v) is 6.72. The smallest absolute Gasteiger partial charge is 0.0145 e. The lowest BCUT2D eigenvalue weighted by Crippen LogP contribution is -2.22. The first-order valence-corrected chi connectivity index (χ1v) is 4.56. The van der Waals surface area contributed by atoms with Crippen molar-refractivity contribution < 1.29 is 0 Å². The molecule has 0 radical (unpaired) electrons. The fourth-order valence-electron chi connectivity index (χ4n) is 2.34. The third-order valence-electron chi connectivity index (χ3n) is 3.18. The van der Waals surface area contributed by atoms with Crippen molar-refractivity contribution in [1.29, 1.82) is 0 Å². The van der Waals surface area contributed by atoms with Crippen molar-refractivity contribution in [2.75, 3.05) is 0 Å². The first-order chi connectivity index (χ1) is 4.88. The third-order valence-corrected chi connectivity index (χ3v) is 3.18. The molecule has 0 aliphatic heterocycles. The Morgan fingerprint density at radius 3 is 2.60 bits per heavy atom. The normalized spacial score (nSPS) is 45.5. The van der Waals surface area contributed by atoms with Crippen molar-refractivity contribution in [2.24, 2.45) is 17.8 Å². The zero-order valence-electron chi connectivity index (χ0n) is 6.72. The molecule has 2 aliphatic rings. The Balaban J connectivity index is 2.05. The summed E-state index contributed by atoms with van der Waals surface area (Å²) < 4.78 is 0. The van der Waals surface area contributed by atoms with Gasteiger partial charge in [0, 0.05) is 0 Å². The number of rotatable bonds is 0. The van der Waals surface area contributed by atoms with Crippen LogP contribution in [0.5, 0.6) is 0 Å². The summed E-state index contributed by atoms with van der Waals surface area (Å²) >= 11 is 0. The van der Waals surface area contributed by atoms with E-state index in [2.05, 4.69) is 19.1 Å². The number of hydrogen-bond donors (Lipinski definition) is 0. The van der Waals surface area contributed by atoms with E-state index in [1.54, 1.807) is 0 Å². The van der Waals surface area contributed by atoms with E-state index in [1.807, 2.05) is 0 Å². The molecule has 0 aromatic rings. The summed E-state index contributed by atoms with van der Waals surface area (Å²) in [6.45, 7) is 2.41. The van der Waals surface area contributed by atoms with E-state index in [-0.39, 0.29) is 0 Å². The molecule has 1 fully saturated rings. The van der Waals surface area contributed by atoms with Gasteiger partial charge < -0.3 is 0 Å². The lowest BCUT2D eigenvalue weighted by atomic mass is 9.74. The molecule has 3 unspecified atom stereocenters. The van der Waals surface area contributed by atoms with Crippen LogP contribution >= 0.6 is 0 Å². The largest absolute Gasteiger partial charge is 0.0845 e. The maximum absolute atomic E-state index is 2.42. The Bertz CT molecular complexity index is 146. The Morgan fingerprint density at radius 2 is 1.90 bits per heavy atom. The minimum Gasteiger partial charge on any atom is -0.0845 e. The Labute approximate surface area is 63.3 Å². The third kappa shape index (κ3) is 0.902. The van der Waals surface area contributed by atoms with E-state index in [0.29, 0.717) is 0 Å². The average molecular weight is 136 g/mol. The van der Waals surface area contributed by atoms with Crippen LogP contribution in [-0.2, 0) is 0 Å². The summed E-state index contributed by atoms with van der Waals surface area (Å²) in [4.78, 5) is 0. The summed E-state index contributed by atoms with van der Waals surface area (Å²) in [6, 6.07) is 0. The maximum Gasteiger partial charge on any atom is -0.0145 e. The number of fused-ring (bicyclic) bond motifs is 1. The highest BCUT2D eigenvalue weighted by molar-refractivity contribution is 5.10. The Hall–Kier alpha value is -0.260. The molecular weight excluding hydrogens is 120 g/mol. The Morgan fingerprint density at radius 1 is 1.10 bits per heavy atom. The summed E-state index contributed by atoms with van der Waals surface area (Å²) in [5, 5.41) is 0. The van der Waals surface area contributed by atoms with Gasteiger partial charge in [-0.2, -0.15) is 0 Å². The molecule has 56 valence electrons. The molecule has 0 N–H and O–H groups in total. The molecular formula is C10H16. The quantitative estimate of drug-likeness (QED) is 0.449. The highest BCUT2D eigenvalue weighted by atomic mass is 14.3. The lowest BCUT2D eigenvalue weighted by Gasteiger charge is -2.31. The topological polar surface area (TPSA) is 0 Å². The molecule has 2 rings (SSSR count). The van der Waals surface area contributed by atoms with E-state index >= 15 is 0 Å². The van der Waals surface area contributed by atoms with Gasteiger partial charge >= 0.3 is 0 Å². The lowest BCUT2D eigenvalue weighted by molar-refractivity contribution is 0.312. The molecule has 0 bridgehead atoms. The first kappa shape index (κ1) is 6.45. The van der Waals surface area contributed by atoms with Gasteiger partial charge in [0.15, 0.2) is 0 Å². The summed E-state index contributed by atoms with van der Waals surface area (Å²) in [7, 11) is 0. The van der Waals surface area contributed by atoms with Crippen LogP contribution in [0.15, 0.2) is 12.2 Å². The van der Waals surface area contributed by atoms with E-state index in [9.17, 15) is 0 Å². The monoisotopic (exact) mass is 136 g/mol. The molecule has 10 heavy (non-hydrogen) atoms. The van der Waals surface area contributed by atoms with Crippen molar-refractivity contribution in [1.82, 2.24) is 0 Å². The highest BCUT2D eigenvalue weighted by Crippen LogP contribution is 2.40. The van der Waals surface area contributed by atoms with E-state index in [0.717, 1.165) is 17.8 Å². The Kier molecular flexibility index (Phi) is 1.55. The fraction of sp³-hybridized carbons (Fsp3) is 0.800. The zero-order chi connectivity index (χ0) is 6.97. The van der Waals surface area contributed by atoms with Gasteiger partial charge in [-0.05, 0) is 24.2 Å². The van der Waals surface area contributed by atoms with Gasteiger partial charge in [0.05, 0.1) is 0 Å². The SMILES string of the molecule is CC1CCCCC2C=CC12. The van der Waals surface area contributed by atoms with Crippen molar-refractivity contribution >= 4 is 0 Å². The van der Waals surface area contributed by atoms with Crippen molar-refractivity contribution in [3.05, 3.63) is 12.2 Å². The predicted octanol–water partition coefficient (Wildman–Crippen LogP) is 3.00. The fourth-order valence-corrected chi connectivity index (χ4v) is 2.34. The van der Waals surface area contributed by atoms with Gasteiger partial charge in [-0.15, -0.1) is 0 Å². The van der Waals surface area contributed by atoms with Crippen molar-refractivity contribution in [2.45, 2.75) is 32.6 Å². The maximum atomic E-state index is 2.42. The molecule has 0 aromatic carbocycles. The van der Waals surface area contributed by atoms with Gasteiger partial charge in [0.25, 0.3) is 0 Å². The second-order valence-electron chi connectivity index (χ2n) is 3.89. The second-order valence-corrected chi connectivity index (χ2v) is 3.89. The van der Waals surface area contributed by atoms with Crippen molar-refractivity contribution in [3.63, 3.8) is 0 Å². The van der Waals surface area contributed by atoms with Gasteiger partial charge in [0.2, 0.25) is 0 Å². The van der Waals surface area contributed by atoms with Crippen LogP contribution in [0.2, 0.25) is 0 Å². The molecule has 0 heterocycles. The van der Waals surface area contributed by atoms with E-state index in [1.165, 1.54) is 25.7 Å². The van der Waals surface area contributed by atoms with Gasteiger partial charge in [-0.1, -0.05) is 38.3 Å². The molecule has 0 spiro atoms. The number of hydrogen-bond acceptors (Lipinski definition) is 0. The predicted molar refractivity (Wildman–Crippen MR) is 43.8 cm³/mol. The molecule has 2 aliphatic carbocycles. The van der Waals surface area contributed by atoms with Crippen LogP contribution in [0.25, 0.3) is 0 Å². The van der Waals surface area contributed by atoms with Crippen LogP contribution in [-0.4, -0.2) is 0 Å². The minimum atomic E-state index is 0.961. The molecule has 0 amide bonds. The molecule has 0 nitrogen and oxygen atoms in total. The second kappa shape index (κ2) is 2.41. The summed E-state index contributed by atoms with van der Waals surface area (Å²) in [5.41, 5.74) is 0. The molecule has 3 atom stereocenters. The van der Waals surface area contributed by atoms with Gasteiger partial charge in [-0.25, -0.2) is 0 Å². The van der Waals surface area contributed by atoms with Crippen molar-refractivity contribution in [3.8, 4) is 0 Å². The number of allylic oxidation sites excluding steroid dienone is 2. The van der Waals surface area contributed by atoms with Crippen LogP contribution < -0.4 is 0 Å². The first-order valence-electron chi connectivity index (χ1n) is 4.56. The summed E-state index contributed by atoms with van der Waals surface area (Å²) in [6.07, 6.45) is 10.7. The standard InChI is InChI=1S/C10H16/c1-8-4-2-3-5-9-6-7-10(8)9/h6-10H,2-5H2,1H3. The van der Waals surface area contributed by atoms with Crippen LogP contribution in [0.4, 0.5) is 0 Å². The van der Waals surface area contributed by atoms with E-state index in [4.69, 9.17) is 0 Å². The minimum absolute atomic E-state index is 0.961.